The summed E-state index contributed by atoms with van der Waals surface area (Å²) in [5.74, 6) is 0.216. The number of ether oxygens (including phenoxy) is 1. The molecule has 4 nitrogen and oxygen atoms in total. The highest BCUT2D eigenvalue weighted by molar-refractivity contribution is 5.27. The maximum absolute atomic E-state index is 12.2. The molecule has 1 aromatic rings. The summed E-state index contributed by atoms with van der Waals surface area (Å²) in [7, 11) is 6.40. The van der Waals surface area contributed by atoms with Crippen LogP contribution in [0.4, 0.5) is 8.78 Å². The van der Waals surface area contributed by atoms with E-state index in [1.807, 2.05) is 12.1 Å². The number of piperidine rings is 1. The molecule has 0 saturated carbocycles. The molecule has 0 amide bonds. The zero-order valence-electron chi connectivity index (χ0n) is 14.9. The van der Waals surface area contributed by atoms with Crippen molar-refractivity contribution in [2.75, 3.05) is 47.3 Å². The van der Waals surface area contributed by atoms with Crippen molar-refractivity contribution in [1.82, 2.24) is 14.7 Å². The van der Waals surface area contributed by atoms with Crippen molar-refractivity contribution in [3.63, 3.8) is 0 Å². The number of hydrogen-bond donors (Lipinski definition) is 0. The first-order chi connectivity index (χ1) is 11.4. The van der Waals surface area contributed by atoms with Crippen LogP contribution in [0.1, 0.15) is 18.4 Å². The summed E-state index contributed by atoms with van der Waals surface area (Å²) < 4.78 is 28.8. The Balaban J connectivity index is 1.83. The molecule has 1 aliphatic rings. The van der Waals surface area contributed by atoms with Gasteiger partial charge in [0, 0.05) is 32.2 Å². The molecule has 0 aliphatic carbocycles. The standard InChI is InChI=1S/C18H29F2N3O/c1-21(2)11-12-22(3)16-5-4-10-23(14-16)13-15-6-8-17(9-7-15)24-18(19)20/h6-9,16,18H,4-5,10-14H2,1-3H3. The van der Waals surface area contributed by atoms with Crippen LogP contribution in [0.2, 0.25) is 0 Å². The molecule has 136 valence electrons. The number of alkyl halides is 2. The number of nitrogens with zero attached hydrogens (tertiary/aromatic N) is 3. The van der Waals surface area contributed by atoms with Crippen molar-refractivity contribution in [1.29, 1.82) is 0 Å². The van der Waals surface area contributed by atoms with Crippen LogP contribution in [0, 0.1) is 0 Å². The quantitative estimate of drug-likeness (QED) is 0.724. The topological polar surface area (TPSA) is 19.0 Å². The van der Waals surface area contributed by atoms with E-state index in [-0.39, 0.29) is 5.75 Å². The molecule has 1 unspecified atom stereocenters. The van der Waals surface area contributed by atoms with Gasteiger partial charge in [-0.15, -0.1) is 0 Å². The highest BCUT2D eigenvalue weighted by Crippen LogP contribution is 2.19. The Labute approximate surface area is 144 Å². The minimum absolute atomic E-state index is 0.216. The van der Waals surface area contributed by atoms with Gasteiger partial charge in [-0.25, -0.2) is 0 Å². The number of benzene rings is 1. The summed E-state index contributed by atoms with van der Waals surface area (Å²) in [5.41, 5.74) is 1.13. The molecular weight excluding hydrogens is 312 g/mol. The maximum atomic E-state index is 12.2. The lowest BCUT2D eigenvalue weighted by Gasteiger charge is -2.38. The molecule has 0 N–H and O–H groups in total. The number of likely N-dealkylation sites (N-methyl/N-ethyl adjacent to an activating group) is 2. The van der Waals surface area contributed by atoms with E-state index >= 15 is 0 Å². The molecule has 1 heterocycles. The van der Waals surface area contributed by atoms with Gasteiger partial charge in [-0.2, -0.15) is 8.78 Å². The molecule has 1 aromatic carbocycles. The van der Waals surface area contributed by atoms with E-state index in [0.717, 1.165) is 38.3 Å². The first kappa shape index (κ1) is 19.1. The Hall–Kier alpha value is -1.24. The van der Waals surface area contributed by atoms with Crippen LogP contribution >= 0.6 is 0 Å². The van der Waals surface area contributed by atoms with Gasteiger partial charge in [0.15, 0.2) is 0 Å². The molecule has 1 atom stereocenters. The SMILES string of the molecule is CN(C)CCN(C)C1CCCN(Cc2ccc(OC(F)F)cc2)C1. The van der Waals surface area contributed by atoms with Crippen molar-refractivity contribution >= 4 is 0 Å². The second kappa shape index (κ2) is 9.30. The predicted molar refractivity (Wildman–Crippen MR) is 92.6 cm³/mol. The summed E-state index contributed by atoms with van der Waals surface area (Å²) in [4.78, 5) is 7.11. The Morgan fingerprint density at radius 2 is 1.88 bits per heavy atom. The maximum Gasteiger partial charge on any atom is 0.387 e. The first-order valence-corrected chi connectivity index (χ1v) is 8.55. The number of likely N-dealkylation sites (tertiary alicyclic amines) is 1. The Kier molecular flexibility index (Phi) is 7.40. The molecule has 1 saturated heterocycles. The molecule has 24 heavy (non-hydrogen) atoms. The number of halogens is 2. The van der Waals surface area contributed by atoms with E-state index in [0.29, 0.717) is 6.04 Å². The van der Waals surface area contributed by atoms with Gasteiger partial charge in [-0.3, -0.25) is 4.90 Å². The van der Waals surface area contributed by atoms with Crippen molar-refractivity contribution < 1.29 is 13.5 Å². The molecule has 2 rings (SSSR count). The van der Waals surface area contributed by atoms with Crippen LogP contribution in [0.25, 0.3) is 0 Å². The first-order valence-electron chi connectivity index (χ1n) is 8.55. The summed E-state index contributed by atoms with van der Waals surface area (Å²) in [6.45, 7) is 2.37. The van der Waals surface area contributed by atoms with Crippen LogP contribution in [-0.2, 0) is 6.54 Å². The molecule has 0 bridgehead atoms. The predicted octanol–water partition coefficient (Wildman–Crippen LogP) is 2.75. The van der Waals surface area contributed by atoms with Crippen LogP contribution in [0.5, 0.6) is 5.75 Å². The van der Waals surface area contributed by atoms with E-state index in [2.05, 4.69) is 40.6 Å². The second-order valence-corrected chi connectivity index (χ2v) is 6.84. The van der Waals surface area contributed by atoms with Crippen molar-refractivity contribution in [2.24, 2.45) is 0 Å². The fourth-order valence-corrected chi connectivity index (χ4v) is 3.11. The van der Waals surface area contributed by atoms with Gasteiger partial charge < -0.3 is 14.5 Å². The van der Waals surface area contributed by atoms with E-state index in [4.69, 9.17) is 0 Å². The second-order valence-electron chi connectivity index (χ2n) is 6.84. The minimum Gasteiger partial charge on any atom is -0.435 e. The lowest BCUT2D eigenvalue weighted by Crippen LogP contribution is -2.47. The van der Waals surface area contributed by atoms with Gasteiger partial charge in [0.25, 0.3) is 0 Å². The highest BCUT2D eigenvalue weighted by Gasteiger charge is 2.23. The molecule has 6 heteroatoms. The average Bonchev–Trinajstić information content (AvgIpc) is 2.54. The van der Waals surface area contributed by atoms with Gasteiger partial charge in [0.1, 0.15) is 5.75 Å². The summed E-state index contributed by atoms with van der Waals surface area (Å²) >= 11 is 0. The number of rotatable bonds is 8. The lowest BCUT2D eigenvalue weighted by atomic mass is 10.0. The Morgan fingerprint density at radius 1 is 1.17 bits per heavy atom. The lowest BCUT2D eigenvalue weighted by molar-refractivity contribution is -0.0498. The third-order valence-corrected chi connectivity index (χ3v) is 4.56. The normalized spacial score (nSPS) is 19.4. The zero-order valence-corrected chi connectivity index (χ0v) is 14.9. The van der Waals surface area contributed by atoms with Crippen molar-refractivity contribution in [3.8, 4) is 5.75 Å². The third kappa shape index (κ3) is 6.34. The van der Waals surface area contributed by atoms with Gasteiger partial charge in [-0.1, -0.05) is 12.1 Å². The summed E-state index contributed by atoms with van der Waals surface area (Å²) in [5, 5.41) is 0. The van der Waals surface area contributed by atoms with Gasteiger partial charge in [0.05, 0.1) is 0 Å². The van der Waals surface area contributed by atoms with Crippen LogP contribution in [0.15, 0.2) is 24.3 Å². The molecule has 1 aliphatic heterocycles. The molecule has 0 spiro atoms. The number of hydrogen-bond acceptors (Lipinski definition) is 4. The smallest absolute Gasteiger partial charge is 0.387 e. The molecule has 1 fully saturated rings. The monoisotopic (exact) mass is 341 g/mol. The molecule has 0 radical (unpaired) electrons. The largest absolute Gasteiger partial charge is 0.435 e. The van der Waals surface area contributed by atoms with Crippen LogP contribution < -0.4 is 4.74 Å². The van der Waals surface area contributed by atoms with Gasteiger partial charge in [-0.05, 0) is 58.2 Å². The van der Waals surface area contributed by atoms with Gasteiger partial charge >= 0.3 is 6.61 Å². The van der Waals surface area contributed by atoms with Crippen molar-refractivity contribution in [2.45, 2.75) is 32.0 Å². The summed E-state index contributed by atoms with van der Waals surface area (Å²) in [6.07, 6.45) is 2.44. The molecular formula is C18H29F2N3O. The minimum atomic E-state index is -2.77. The molecule has 0 aromatic heterocycles. The highest BCUT2D eigenvalue weighted by atomic mass is 19.3. The van der Waals surface area contributed by atoms with Gasteiger partial charge in [0.2, 0.25) is 0 Å². The van der Waals surface area contributed by atoms with Crippen LogP contribution in [-0.4, -0.2) is 74.7 Å². The fourth-order valence-electron chi connectivity index (χ4n) is 3.11. The van der Waals surface area contributed by atoms with E-state index in [1.54, 1.807) is 12.1 Å². The Morgan fingerprint density at radius 3 is 2.50 bits per heavy atom. The van der Waals surface area contributed by atoms with E-state index < -0.39 is 6.61 Å². The average molecular weight is 341 g/mol. The Bertz CT molecular complexity index is 482. The zero-order chi connectivity index (χ0) is 17.5. The fraction of sp³-hybridized carbons (Fsp3) is 0.667. The van der Waals surface area contributed by atoms with E-state index in [9.17, 15) is 8.78 Å². The summed E-state index contributed by atoms with van der Waals surface area (Å²) in [6, 6.07) is 7.56. The van der Waals surface area contributed by atoms with Crippen LogP contribution in [0.3, 0.4) is 0 Å². The van der Waals surface area contributed by atoms with Crippen molar-refractivity contribution in [3.05, 3.63) is 29.8 Å². The third-order valence-electron chi connectivity index (χ3n) is 4.56. The van der Waals surface area contributed by atoms with E-state index in [1.165, 1.54) is 12.8 Å².